The zero-order valence-corrected chi connectivity index (χ0v) is 17.3. The average molecular weight is 431 g/mol. The van der Waals surface area contributed by atoms with E-state index in [9.17, 15) is 18.4 Å². The lowest BCUT2D eigenvalue weighted by atomic mass is 9.95. The Kier molecular flexibility index (Phi) is 6.37. The van der Waals surface area contributed by atoms with Gasteiger partial charge in [0.1, 0.15) is 23.1 Å². The third kappa shape index (κ3) is 4.51. The largest absolute Gasteiger partial charge is 0.352 e. The van der Waals surface area contributed by atoms with Crippen LogP contribution in [0.25, 0.3) is 0 Å². The number of carbonyl (C=O) groups is 2. The van der Waals surface area contributed by atoms with Gasteiger partial charge >= 0.3 is 0 Å². The molecule has 4 nitrogen and oxygen atoms in total. The third-order valence-corrected chi connectivity index (χ3v) is 7.04. The van der Waals surface area contributed by atoms with E-state index in [1.807, 2.05) is 0 Å². The van der Waals surface area contributed by atoms with Crippen LogP contribution in [0.3, 0.4) is 0 Å². The Morgan fingerprint density at radius 2 is 1.70 bits per heavy atom. The molecule has 1 saturated heterocycles. The molecule has 2 amide bonds. The second kappa shape index (κ2) is 9.16. The Hall–Kier alpha value is -2.41. The van der Waals surface area contributed by atoms with Crippen molar-refractivity contribution in [2.24, 2.45) is 0 Å². The first-order chi connectivity index (χ1) is 14.5. The summed E-state index contributed by atoms with van der Waals surface area (Å²) in [4.78, 5) is 28.0. The maximum absolute atomic E-state index is 13.7. The molecule has 1 N–H and O–H groups in total. The highest BCUT2D eigenvalue weighted by Gasteiger charge is 2.43. The van der Waals surface area contributed by atoms with Crippen molar-refractivity contribution in [1.29, 1.82) is 0 Å². The number of thioether (sulfide) groups is 1. The maximum Gasteiger partial charge on any atom is 0.255 e. The fourth-order valence-electron chi connectivity index (χ4n) is 4.16. The maximum atomic E-state index is 13.7. The first-order valence-electron chi connectivity index (χ1n) is 10.3. The van der Waals surface area contributed by atoms with Crippen molar-refractivity contribution < 1.29 is 18.4 Å². The van der Waals surface area contributed by atoms with Crippen LogP contribution < -0.4 is 5.32 Å². The first-order valence-corrected chi connectivity index (χ1v) is 11.3. The smallest absolute Gasteiger partial charge is 0.255 e. The van der Waals surface area contributed by atoms with Crippen LogP contribution in [0.15, 0.2) is 48.5 Å². The minimum atomic E-state index is -0.664. The van der Waals surface area contributed by atoms with E-state index in [0.29, 0.717) is 5.75 Å². The number of nitrogens with zero attached hydrogens (tertiary/aromatic N) is 1. The van der Waals surface area contributed by atoms with Gasteiger partial charge in [0.15, 0.2) is 0 Å². The molecule has 1 aliphatic heterocycles. The summed E-state index contributed by atoms with van der Waals surface area (Å²) in [6.45, 7) is 0. The second-order valence-corrected chi connectivity index (χ2v) is 8.93. The normalized spacial score (nSPS) is 22.1. The molecule has 2 unspecified atom stereocenters. The Morgan fingerprint density at radius 3 is 2.40 bits per heavy atom. The number of carbonyl (C=O) groups excluding carboxylic acids is 2. The summed E-state index contributed by atoms with van der Waals surface area (Å²) < 4.78 is 27.2. The van der Waals surface area contributed by atoms with E-state index in [4.69, 9.17) is 0 Å². The molecule has 158 valence electrons. The molecule has 0 radical (unpaired) electrons. The van der Waals surface area contributed by atoms with Crippen LogP contribution >= 0.6 is 11.8 Å². The van der Waals surface area contributed by atoms with E-state index in [0.717, 1.165) is 31.2 Å². The molecule has 2 atom stereocenters. The zero-order valence-electron chi connectivity index (χ0n) is 16.5. The average Bonchev–Trinajstić information content (AvgIpc) is 3.20. The predicted octanol–water partition coefficient (Wildman–Crippen LogP) is 4.67. The van der Waals surface area contributed by atoms with Gasteiger partial charge in [-0.25, -0.2) is 8.78 Å². The Morgan fingerprint density at radius 1 is 0.967 bits per heavy atom. The molecule has 1 aliphatic carbocycles. The first kappa shape index (κ1) is 20.8. The number of halogens is 2. The van der Waals surface area contributed by atoms with E-state index >= 15 is 0 Å². The van der Waals surface area contributed by atoms with Crippen molar-refractivity contribution in [2.75, 3.05) is 5.75 Å². The lowest BCUT2D eigenvalue weighted by Gasteiger charge is -2.31. The molecule has 0 spiro atoms. The molecule has 0 aromatic heterocycles. The van der Waals surface area contributed by atoms with Gasteiger partial charge < -0.3 is 10.2 Å². The number of nitrogens with one attached hydrogen (secondary N) is 1. The lowest BCUT2D eigenvalue weighted by molar-refractivity contribution is -0.125. The molecule has 4 rings (SSSR count). The predicted molar refractivity (Wildman–Crippen MR) is 113 cm³/mol. The third-order valence-electron chi connectivity index (χ3n) is 5.72. The minimum absolute atomic E-state index is 0.132. The molecule has 1 heterocycles. The summed E-state index contributed by atoms with van der Waals surface area (Å²) in [5.41, 5.74) is 0.930. The molecule has 2 aromatic carbocycles. The van der Waals surface area contributed by atoms with Crippen molar-refractivity contribution in [1.82, 2.24) is 10.2 Å². The Labute approximate surface area is 179 Å². The molecule has 0 bridgehead atoms. The van der Waals surface area contributed by atoms with E-state index in [-0.39, 0.29) is 23.3 Å². The van der Waals surface area contributed by atoms with E-state index in [1.165, 1.54) is 53.4 Å². The molecule has 2 fully saturated rings. The van der Waals surface area contributed by atoms with Gasteiger partial charge in [0.05, 0.1) is 0 Å². The Balaban J connectivity index is 1.62. The van der Waals surface area contributed by atoms with Gasteiger partial charge in [0.2, 0.25) is 5.91 Å². The highest BCUT2D eigenvalue weighted by atomic mass is 32.2. The SMILES string of the molecule is O=C(NC1CCCCC1)C1CSC(c2ccc(F)cc2)N1C(=O)c1cccc(F)c1. The van der Waals surface area contributed by atoms with Crippen molar-refractivity contribution in [2.45, 2.75) is 49.6 Å². The van der Waals surface area contributed by atoms with Crippen LogP contribution in [0.1, 0.15) is 53.4 Å². The molecule has 2 aromatic rings. The van der Waals surface area contributed by atoms with Gasteiger partial charge in [-0.15, -0.1) is 11.8 Å². The van der Waals surface area contributed by atoms with Gasteiger partial charge in [-0.3, -0.25) is 9.59 Å². The fraction of sp³-hybridized carbons (Fsp3) is 0.391. The van der Waals surface area contributed by atoms with Crippen LogP contribution in [-0.4, -0.2) is 34.6 Å². The van der Waals surface area contributed by atoms with Crippen LogP contribution in [0.4, 0.5) is 8.78 Å². The van der Waals surface area contributed by atoms with Crippen LogP contribution in [0, 0.1) is 11.6 Å². The van der Waals surface area contributed by atoms with Gasteiger partial charge in [-0.05, 0) is 48.7 Å². The molecule has 7 heteroatoms. The molecular weight excluding hydrogens is 406 g/mol. The summed E-state index contributed by atoms with van der Waals surface area (Å²) in [5.74, 6) is -1.02. The summed E-state index contributed by atoms with van der Waals surface area (Å²) in [5, 5.41) is 2.67. The van der Waals surface area contributed by atoms with Crippen LogP contribution in [-0.2, 0) is 4.79 Å². The van der Waals surface area contributed by atoms with E-state index in [1.54, 1.807) is 18.2 Å². The standard InChI is InChI=1S/C23H24F2N2O2S/c24-17-11-9-15(10-12-17)23-27(22(29)16-5-4-6-18(25)13-16)20(14-30-23)21(28)26-19-7-2-1-3-8-19/h4-6,9-13,19-20,23H,1-3,7-8,14H2,(H,26,28). The topological polar surface area (TPSA) is 49.4 Å². The van der Waals surface area contributed by atoms with Crippen molar-refractivity contribution >= 4 is 23.6 Å². The number of rotatable bonds is 4. The fourth-order valence-corrected chi connectivity index (χ4v) is 5.58. The Bertz CT molecular complexity index is 916. The summed E-state index contributed by atoms with van der Waals surface area (Å²) in [6.07, 6.45) is 5.27. The molecule has 30 heavy (non-hydrogen) atoms. The lowest BCUT2D eigenvalue weighted by Crippen LogP contribution is -2.50. The summed E-state index contributed by atoms with van der Waals surface area (Å²) >= 11 is 1.46. The van der Waals surface area contributed by atoms with Gasteiger partial charge in [0.25, 0.3) is 5.91 Å². The molecule has 1 saturated carbocycles. The van der Waals surface area contributed by atoms with E-state index < -0.39 is 23.1 Å². The highest BCUT2D eigenvalue weighted by Crippen LogP contribution is 2.42. The van der Waals surface area contributed by atoms with Gasteiger partial charge in [-0.1, -0.05) is 37.5 Å². The number of hydrogen-bond acceptors (Lipinski definition) is 3. The molecule has 2 aliphatic rings. The minimum Gasteiger partial charge on any atom is -0.352 e. The van der Waals surface area contributed by atoms with Crippen LogP contribution in [0.2, 0.25) is 0 Å². The van der Waals surface area contributed by atoms with E-state index in [2.05, 4.69) is 5.32 Å². The number of hydrogen-bond donors (Lipinski definition) is 1. The quantitative estimate of drug-likeness (QED) is 0.767. The monoisotopic (exact) mass is 430 g/mol. The van der Waals surface area contributed by atoms with Gasteiger partial charge in [-0.2, -0.15) is 0 Å². The van der Waals surface area contributed by atoms with Gasteiger partial charge in [0, 0.05) is 17.4 Å². The second-order valence-electron chi connectivity index (χ2n) is 7.82. The van der Waals surface area contributed by atoms with Crippen molar-refractivity contribution in [3.63, 3.8) is 0 Å². The van der Waals surface area contributed by atoms with Crippen molar-refractivity contribution in [3.05, 3.63) is 71.3 Å². The van der Waals surface area contributed by atoms with Crippen molar-refractivity contribution in [3.8, 4) is 0 Å². The van der Waals surface area contributed by atoms with Crippen LogP contribution in [0.5, 0.6) is 0 Å². The zero-order chi connectivity index (χ0) is 21.1. The highest BCUT2D eigenvalue weighted by molar-refractivity contribution is 7.99. The number of amides is 2. The number of benzene rings is 2. The summed E-state index contributed by atoms with van der Waals surface area (Å²) in [7, 11) is 0. The molecular formula is C23H24F2N2O2S. The summed E-state index contributed by atoms with van der Waals surface area (Å²) in [6, 6.07) is 10.9.